The van der Waals surface area contributed by atoms with Gasteiger partial charge < -0.3 is 15.4 Å². The van der Waals surface area contributed by atoms with Crippen LogP contribution < -0.4 is 15.4 Å². The summed E-state index contributed by atoms with van der Waals surface area (Å²) < 4.78 is 5.53. The molecular formula is C14H17ClN2O3. The van der Waals surface area contributed by atoms with Gasteiger partial charge in [0.25, 0.3) is 5.91 Å². The summed E-state index contributed by atoms with van der Waals surface area (Å²) in [6, 6.07) is 5.26. The summed E-state index contributed by atoms with van der Waals surface area (Å²) in [7, 11) is 0. The van der Waals surface area contributed by atoms with Gasteiger partial charge in [-0.3, -0.25) is 9.59 Å². The fourth-order valence-electron chi connectivity index (χ4n) is 1.97. The monoisotopic (exact) mass is 296 g/mol. The topological polar surface area (TPSA) is 67.4 Å². The number of hydrogen-bond donors (Lipinski definition) is 2. The summed E-state index contributed by atoms with van der Waals surface area (Å²) in [5.41, 5.74) is 0.910. The average Bonchev–Trinajstić information content (AvgIpc) is 2.85. The van der Waals surface area contributed by atoms with Crippen LogP contribution in [-0.4, -0.2) is 31.0 Å². The molecule has 0 saturated carbocycles. The van der Waals surface area contributed by atoms with E-state index in [1.807, 2.05) is 6.92 Å². The number of nitrogens with one attached hydrogen (secondary N) is 2. The predicted molar refractivity (Wildman–Crippen MR) is 75.9 cm³/mol. The number of carbonyl (C=O) groups is 2. The van der Waals surface area contributed by atoms with Gasteiger partial charge in [-0.05, 0) is 30.2 Å². The molecule has 1 aromatic carbocycles. The largest absolute Gasteiger partial charge is 0.480 e. The highest BCUT2D eigenvalue weighted by molar-refractivity contribution is 6.30. The van der Waals surface area contributed by atoms with Gasteiger partial charge in [-0.15, -0.1) is 0 Å². The summed E-state index contributed by atoms with van der Waals surface area (Å²) in [6.07, 6.45) is 0.738. The van der Waals surface area contributed by atoms with Crippen molar-refractivity contribution in [1.29, 1.82) is 0 Å². The van der Waals surface area contributed by atoms with Crippen LogP contribution in [0.25, 0.3) is 0 Å². The zero-order valence-corrected chi connectivity index (χ0v) is 12.0. The van der Waals surface area contributed by atoms with Crippen LogP contribution >= 0.6 is 11.6 Å². The molecule has 6 heteroatoms. The minimum Gasteiger partial charge on any atom is -0.480 e. The normalized spacial score (nSPS) is 16.2. The fourth-order valence-corrected chi connectivity index (χ4v) is 2.17. The summed E-state index contributed by atoms with van der Waals surface area (Å²) in [4.78, 5) is 23.3. The molecule has 2 N–H and O–H groups in total. The average molecular weight is 297 g/mol. The maximum absolute atomic E-state index is 11.9. The van der Waals surface area contributed by atoms with Crippen molar-refractivity contribution in [2.24, 2.45) is 0 Å². The van der Waals surface area contributed by atoms with Crippen LogP contribution in [0.1, 0.15) is 18.9 Å². The van der Waals surface area contributed by atoms with Gasteiger partial charge in [0.2, 0.25) is 5.91 Å². The van der Waals surface area contributed by atoms with Crippen LogP contribution in [0.5, 0.6) is 5.75 Å². The molecule has 1 aromatic rings. The number of amides is 2. The highest BCUT2D eigenvalue weighted by atomic mass is 35.5. The van der Waals surface area contributed by atoms with E-state index in [2.05, 4.69) is 10.6 Å². The van der Waals surface area contributed by atoms with Crippen molar-refractivity contribution in [3.8, 4) is 5.75 Å². The quantitative estimate of drug-likeness (QED) is 0.860. The molecule has 108 valence electrons. The van der Waals surface area contributed by atoms with E-state index >= 15 is 0 Å². The molecule has 20 heavy (non-hydrogen) atoms. The van der Waals surface area contributed by atoms with Crippen molar-refractivity contribution >= 4 is 23.4 Å². The summed E-state index contributed by atoms with van der Waals surface area (Å²) >= 11 is 5.89. The van der Waals surface area contributed by atoms with Gasteiger partial charge >= 0.3 is 0 Å². The van der Waals surface area contributed by atoms with Gasteiger partial charge in [0.1, 0.15) is 5.75 Å². The van der Waals surface area contributed by atoms with Crippen molar-refractivity contribution in [2.75, 3.05) is 13.1 Å². The third-order valence-electron chi connectivity index (χ3n) is 2.98. The molecule has 2 amide bonds. The van der Waals surface area contributed by atoms with E-state index in [9.17, 15) is 9.59 Å². The van der Waals surface area contributed by atoms with Gasteiger partial charge in [0, 0.05) is 18.0 Å². The molecule has 1 atom stereocenters. The lowest BCUT2D eigenvalue weighted by atomic mass is 10.1. The fraction of sp³-hybridized carbons (Fsp3) is 0.429. The van der Waals surface area contributed by atoms with Crippen LogP contribution in [0, 0.1) is 0 Å². The van der Waals surface area contributed by atoms with Gasteiger partial charge in [-0.25, -0.2) is 0 Å². The first kappa shape index (κ1) is 14.7. The van der Waals surface area contributed by atoms with Gasteiger partial charge in [0.15, 0.2) is 6.10 Å². The molecule has 0 fully saturated rings. The predicted octanol–water partition coefficient (Wildman–Crippen LogP) is 1.29. The van der Waals surface area contributed by atoms with E-state index in [-0.39, 0.29) is 18.4 Å². The van der Waals surface area contributed by atoms with Crippen LogP contribution in [0.2, 0.25) is 5.02 Å². The third-order valence-corrected chi connectivity index (χ3v) is 3.22. The second kappa shape index (κ2) is 6.61. The lowest BCUT2D eigenvalue weighted by Gasteiger charge is -2.11. The highest BCUT2D eigenvalue weighted by Gasteiger charge is 2.29. The Morgan fingerprint density at radius 3 is 2.95 bits per heavy atom. The van der Waals surface area contributed by atoms with Gasteiger partial charge in [-0.2, -0.15) is 0 Å². The summed E-state index contributed by atoms with van der Waals surface area (Å²) in [6.45, 7) is 2.54. The third kappa shape index (κ3) is 3.63. The first-order valence-electron chi connectivity index (χ1n) is 6.59. The molecule has 0 bridgehead atoms. The summed E-state index contributed by atoms with van der Waals surface area (Å²) in [5.74, 6) is 0.188. The number of fused-ring (bicyclic) bond motifs is 1. The Labute approximate surface area is 122 Å². The number of halogens is 1. The molecule has 2 rings (SSSR count). The molecule has 0 saturated heterocycles. The molecule has 0 radical (unpaired) electrons. The smallest absolute Gasteiger partial charge is 0.261 e. The van der Waals surface area contributed by atoms with E-state index in [1.54, 1.807) is 18.2 Å². The highest BCUT2D eigenvalue weighted by Crippen LogP contribution is 2.30. The van der Waals surface area contributed by atoms with E-state index in [0.717, 1.165) is 12.0 Å². The second-order valence-electron chi connectivity index (χ2n) is 4.63. The maximum atomic E-state index is 11.9. The Morgan fingerprint density at radius 2 is 2.20 bits per heavy atom. The molecule has 1 aliphatic heterocycles. The molecule has 0 aromatic heterocycles. The molecule has 1 aliphatic rings. The van der Waals surface area contributed by atoms with Crippen molar-refractivity contribution in [1.82, 2.24) is 10.6 Å². The van der Waals surface area contributed by atoms with Gasteiger partial charge in [-0.1, -0.05) is 18.5 Å². The molecule has 0 aliphatic carbocycles. The Balaban J connectivity index is 1.82. The first-order valence-corrected chi connectivity index (χ1v) is 6.97. The van der Waals surface area contributed by atoms with Crippen molar-refractivity contribution in [2.45, 2.75) is 25.9 Å². The molecule has 0 spiro atoms. The van der Waals surface area contributed by atoms with Gasteiger partial charge in [0.05, 0.1) is 6.54 Å². The number of rotatable bonds is 5. The number of ether oxygens (including phenoxy) is 1. The Bertz CT molecular complexity index is 519. The molecule has 5 nitrogen and oxygen atoms in total. The van der Waals surface area contributed by atoms with Crippen LogP contribution in [0.3, 0.4) is 0 Å². The lowest BCUT2D eigenvalue weighted by Crippen LogP contribution is -2.43. The Hall–Kier alpha value is -1.75. The number of carbonyl (C=O) groups excluding carboxylic acids is 2. The zero-order chi connectivity index (χ0) is 14.5. The Kier molecular flexibility index (Phi) is 4.84. The second-order valence-corrected chi connectivity index (χ2v) is 5.07. The van der Waals surface area contributed by atoms with E-state index in [0.29, 0.717) is 23.7 Å². The van der Waals surface area contributed by atoms with Crippen molar-refractivity contribution < 1.29 is 14.3 Å². The van der Waals surface area contributed by atoms with Crippen LogP contribution in [-0.2, 0) is 16.0 Å². The number of hydrogen-bond acceptors (Lipinski definition) is 3. The lowest BCUT2D eigenvalue weighted by molar-refractivity contribution is -0.130. The van der Waals surface area contributed by atoms with Crippen LogP contribution in [0.4, 0.5) is 0 Å². The first-order chi connectivity index (χ1) is 9.60. The van der Waals surface area contributed by atoms with E-state index in [1.165, 1.54) is 0 Å². The van der Waals surface area contributed by atoms with E-state index < -0.39 is 6.10 Å². The zero-order valence-electron chi connectivity index (χ0n) is 11.2. The SMILES string of the molecule is CCCNC(=O)CNC(=O)[C@H]1Cc2cc(Cl)ccc2O1. The molecular weight excluding hydrogens is 280 g/mol. The minimum absolute atomic E-state index is 0.0319. The maximum Gasteiger partial charge on any atom is 0.261 e. The van der Waals surface area contributed by atoms with Crippen molar-refractivity contribution in [3.63, 3.8) is 0 Å². The summed E-state index contributed by atoms with van der Waals surface area (Å²) in [5, 5.41) is 5.88. The molecule has 1 heterocycles. The van der Waals surface area contributed by atoms with Crippen LogP contribution in [0.15, 0.2) is 18.2 Å². The standard InChI is InChI=1S/C14H17ClN2O3/c1-2-5-16-13(18)8-17-14(19)12-7-9-6-10(15)3-4-11(9)20-12/h3-4,6,12H,2,5,7-8H2,1H3,(H,16,18)(H,17,19)/t12-/m1/s1. The Morgan fingerprint density at radius 1 is 1.40 bits per heavy atom. The minimum atomic E-state index is -0.595. The molecule has 0 unspecified atom stereocenters. The number of benzene rings is 1. The van der Waals surface area contributed by atoms with E-state index in [4.69, 9.17) is 16.3 Å². The van der Waals surface area contributed by atoms with Crippen molar-refractivity contribution in [3.05, 3.63) is 28.8 Å².